The van der Waals surface area contributed by atoms with Gasteiger partial charge in [0.05, 0.1) is 11.4 Å². The average Bonchev–Trinajstić information content (AvgIpc) is 2.43. The molecule has 20 heavy (non-hydrogen) atoms. The van der Waals surface area contributed by atoms with Crippen molar-refractivity contribution in [2.45, 2.75) is 20.5 Å². The minimum atomic E-state index is 0.325. The van der Waals surface area contributed by atoms with Crippen LogP contribution in [0.15, 0.2) is 42.5 Å². The van der Waals surface area contributed by atoms with Crippen LogP contribution >= 0.6 is 11.6 Å². The van der Waals surface area contributed by atoms with E-state index >= 15 is 0 Å². The van der Waals surface area contributed by atoms with E-state index in [0.29, 0.717) is 12.5 Å². The molecule has 0 spiro atoms. The molecule has 2 heteroatoms. The third-order valence-electron chi connectivity index (χ3n) is 2.85. The fourth-order valence-corrected chi connectivity index (χ4v) is 2.20. The van der Waals surface area contributed by atoms with Crippen LogP contribution < -0.4 is 4.74 Å². The van der Waals surface area contributed by atoms with Crippen LogP contribution in [0.3, 0.4) is 0 Å². The van der Waals surface area contributed by atoms with Gasteiger partial charge in [-0.3, -0.25) is 0 Å². The van der Waals surface area contributed by atoms with Gasteiger partial charge in [0.25, 0.3) is 0 Å². The highest BCUT2D eigenvalue weighted by atomic mass is 35.5. The molecule has 0 saturated carbocycles. The van der Waals surface area contributed by atoms with Crippen molar-refractivity contribution >= 4 is 11.6 Å². The lowest BCUT2D eigenvalue weighted by Crippen LogP contribution is -1.98. The van der Waals surface area contributed by atoms with Crippen LogP contribution in [0.4, 0.5) is 0 Å². The lowest BCUT2D eigenvalue weighted by atomic mass is 10.1. The Labute approximate surface area is 125 Å². The molecule has 0 heterocycles. The highest BCUT2D eigenvalue weighted by Gasteiger charge is 2.02. The summed E-state index contributed by atoms with van der Waals surface area (Å²) in [5.74, 6) is 6.99. The summed E-state index contributed by atoms with van der Waals surface area (Å²) in [6.45, 7) is 4.73. The van der Waals surface area contributed by atoms with Crippen molar-refractivity contribution in [1.29, 1.82) is 0 Å². The molecule has 0 aliphatic rings. The summed E-state index contributed by atoms with van der Waals surface area (Å²) >= 11 is 5.60. The molecule has 0 amide bonds. The fourth-order valence-electron chi connectivity index (χ4n) is 2.14. The molecular formula is C18H17ClO. The van der Waals surface area contributed by atoms with Crippen molar-refractivity contribution in [2.75, 3.05) is 5.88 Å². The lowest BCUT2D eigenvalue weighted by molar-refractivity contribution is 0.305. The van der Waals surface area contributed by atoms with Gasteiger partial charge in [-0.1, -0.05) is 53.3 Å². The fraction of sp³-hybridized carbons (Fsp3) is 0.222. The van der Waals surface area contributed by atoms with Gasteiger partial charge in [0.15, 0.2) is 0 Å². The van der Waals surface area contributed by atoms with Crippen LogP contribution in [0.1, 0.15) is 22.3 Å². The Hall–Kier alpha value is -1.91. The monoisotopic (exact) mass is 284 g/mol. The van der Waals surface area contributed by atoms with Gasteiger partial charge in [0, 0.05) is 0 Å². The van der Waals surface area contributed by atoms with E-state index in [0.717, 1.165) is 11.3 Å². The number of aryl methyl sites for hydroxylation is 2. The largest absolute Gasteiger partial charge is 0.488 e. The minimum Gasteiger partial charge on any atom is -0.488 e. The standard InChI is InChI=1S/C18H17ClO/c1-14-10-15(2)12-16(11-14)13-20-18-8-4-3-6-17(18)7-5-9-19/h3-4,6,8,10-12H,9,13H2,1-2H3. The first-order valence-corrected chi connectivity index (χ1v) is 7.06. The van der Waals surface area contributed by atoms with Gasteiger partial charge >= 0.3 is 0 Å². The van der Waals surface area contributed by atoms with E-state index in [1.165, 1.54) is 16.7 Å². The number of ether oxygens (including phenoxy) is 1. The highest BCUT2D eigenvalue weighted by Crippen LogP contribution is 2.19. The van der Waals surface area contributed by atoms with Crippen LogP contribution in [0, 0.1) is 25.7 Å². The minimum absolute atomic E-state index is 0.325. The lowest BCUT2D eigenvalue weighted by Gasteiger charge is -2.09. The molecule has 0 aromatic heterocycles. The second-order valence-corrected chi connectivity index (χ2v) is 4.98. The molecule has 0 fully saturated rings. The van der Waals surface area contributed by atoms with Crippen molar-refractivity contribution in [3.8, 4) is 17.6 Å². The normalized spacial score (nSPS) is 9.75. The molecule has 102 valence electrons. The van der Waals surface area contributed by atoms with Crippen molar-refractivity contribution in [3.05, 3.63) is 64.7 Å². The van der Waals surface area contributed by atoms with Gasteiger partial charge in [-0.05, 0) is 31.5 Å². The quantitative estimate of drug-likeness (QED) is 0.597. The Balaban J connectivity index is 2.14. The van der Waals surface area contributed by atoms with Gasteiger partial charge in [0.2, 0.25) is 0 Å². The SMILES string of the molecule is Cc1cc(C)cc(COc2ccccc2C#CCCl)c1. The summed E-state index contributed by atoms with van der Waals surface area (Å²) in [4.78, 5) is 0. The third-order valence-corrected chi connectivity index (χ3v) is 2.99. The Morgan fingerprint density at radius 1 is 1.05 bits per heavy atom. The smallest absolute Gasteiger partial charge is 0.135 e. The average molecular weight is 285 g/mol. The van der Waals surface area contributed by atoms with Gasteiger partial charge in [0.1, 0.15) is 12.4 Å². The van der Waals surface area contributed by atoms with Crippen LogP contribution in [-0.4, -0.2) is 5.88 Å². The number of para-hydroxylation sites is 1. The molecular weight excluding hydrogens is 268 g/mol. The molecule has 2 aromatic rings. The molecule has 2 aromatic carbocycles. The number of hydrogen-bond acceptors (Lipinski definition) is 1. The van der Waals surface area contributed by atoms with E-state index in [9.17, 15) is 0 Å². The molecule has 2 rings (SSSR count). The maximum atomic E-state index is 5.88. The van der Waals surface area contributed by atoms with Gasteiger partial charge < -0.3 is 4.74 Å². The van der Waals surface area contributed by atoms with Crippen molar-refractivity contribution < 1.29 is 4.74 Å². The molecule has 0 N–H and O–H groups in total. The first kappa shape index (κ1) is 14.5. The number of rotatable bonds is 3. The van der Waals surface area contributed by atoms with E-state index in [4.69, 9.17) is 16.3 Å². The number of halogens is 1. The van der Waals surface area contributed by atoms with E-state index in [-0.39, 0.29) is 0 Å². The Bertz CT molecular complexity index is 630. The van der Waals surface area contributed by atoms with Crippen LogP contribution in [0.2, 0.25) is 0 Å². The topological polar surface area (TPSA) is 9.23 Å². The Morgan fingerprint density at radius 2 is 1.75 bits per heavy atom. The van der Waals surface area contributed by atoms with E-state index in [1.807, 2.05) is 24.3 Å². The Kier molecular flexibility index (Phi) is 5.09. The molecule has 1 nitrogen and oxygen atoms in total. The van der Waals surface area contributed by atoms with Gasteiger partial charge in [-0.15, -0.1) is 11.6 Å². The molecule has 0 radical (unpaired) electrons. The van der Waals surface area contributed by atoms with Gasteiger partial charge in [-0.2, -0.15) is 0 Å². The second-order valence-electron chi connectivity index (χ2n) is 4.72. The third kappa shape index (κ3) is 4.05. The summed E-state index contributed by atoms with van der Waals surface area (Å²) in [7, 11) is 0. The number of hydrogen-bond donors (Lipinski definition) is 0. The van der Waals surface area contributed by atoms with Crippen LogP contribution in [0.25, 0.3) is 0 Å². The summed E-state index contributed by atoms with van der Waals surface area (Å²) in [6, 6.07) is 14.2. The molecule has 0 aliphatic carbocycles. The molecule has 0 unspecified atom stereocenters. The molecule has 0 saturated heterocycles. The maximum absolute atomic E-state index is 5.88. The predicted octanol–water partition coefficient (Wildman–Crippen LogP) is 4.47. The Morgan fingerprint density at radius 3 is 2.45 bits per heavy atom. The predicted molar refractivity (Wildman–Crippen MR) is 84.3 cm³/mol. The molecule has 0 aliphatic heterocycles. The zero-order chi connectivity index (χ0) is 14.4. The zero-order valence-corrected chi connectivity index (χ0v) is 12.5. The van der Waals surface area contributed by atoms with Gasteiger partial charge in [-0.25, -0.2) is 0 Å². The molecule has 0 bridgehead atoms. The summed E-state index contributed by atoms with van der Waals surface area (Å²) in [5, 5.41) is 0. The van der Waals surface area contributed by atoms with Crippen molar-refractivity contribution in [3.63, 3.8) is 0 Å². The number of alkyl halides is 1. The molecule has 0 atom stereocenters. The van der Waals surface area contributed by atoms with E-state index in [1.54, 1.807) is 0 Å². The van der Waals surface area contributed by atoms with Crippen LogP contribution in [0.5, 0.6) is 5.75 Å². The van der Waals surface area contributed by atoms with Crippen molar-refractivity contribution in [1.82, 2.24) is 0 Å². The van der Waals surface area contributed by atoms with E-state index < -0.39 is 0 Å². The van der Waals surface area contributed by atoms with Crippen molar-refractivity contribution in [2.24, 2.45) is 0 Å². The maximum Gasteiger partial charge on any atom is 0.135 e. The summed E-state index contributed by atoms with van der Waals surface area (Å²) in [5.41, 5.74) is 4.54. The number of benzene rings is 2. The van der Waals surface area contributed by atoms with Crippen LogP contribution in [-0.2, 0) is 6.61 Å². The second kappa shape index (κ2) is 7.03. The summed E-state index contributed by atoms with van der Waals surface area (Å²) in [6.07, 6.45) is 0. The highest BCUT2D eigenvalue weighted by molar-refractivity contribution is 6.19. The van der Waals surface area contributed by atoms with E-state index in [2.05, 4.69) is 43.9 Å². The summed E-state index contributed by atoms with van der Waals surface area (Å²) < 4.78 is 5.88. The first-order valence-electron chi connectivity index (χ1n) is 6.53. The zero-order valence-electron chi connectivity index (χ0n) is 11.7. The first-order chi connectivity index (χ1) is 9.69.